The fourth-order valence-electron chi connectivity index (χ4n) is 3.83. The first kappa shape index (κ1) is 21.7. The van der Waals surface area contributed by atoms with Gasteiger partial charge in [-0.1, -0.05) is 119 Å². The predicted molar refractivity (Wildman–Crippen MR) is 117 cm³/mol. The van der Waals surface area contributed by atoms with E-state index in [4.69, 9.17) is 4.74 Å². The molecule has 0 bridgehead atoms. The van der Waals surface area contributed by atoms with Crippen LogP contribution < -0.4 is 0 Å². The molecule has 1 heteroatoms. The molecule has 0 heterocycles. The highest BCUT2D eigenvalue weighted by Gasteiger charge is 2.34. The molecule has 0 aromatic heterocycles. The van der Waals surface area contributed by atoms with Crippen molar-refractivity contribution in [1.29, 1.82) is 0 Å². The molecular formula is C26H38O. The van der Waals surface area contributed by atoms with Gasteiger partial charge in [-0.25, -0.2) is 0 Å². The van der Waals surface area contributed by atoms with Gasteiger partial charge < -0.3 is 4.74 Å². The average molecular weight is 367 g/mol. The van der Waals surface area contributed by atoms with Gasteiger partial charge in [0.15, 0.2) is 0 Å². The lowest BCUT2D eigenvalue weighted by Crippen LogP contribution is -2.32. The third kappa shape index (κ3) is 6.81. The first-order chi connectivity index (χ1) is 13.3. The second-order valence-corrected chi connectivity index (χ2v) is 7.63. The summed E-state index contributed by atoms with van der Waals surface area (Å²) in [4.78, 5) is 0. The normalized spacial score (nSPS) is 11.6. The molecule has 0 aliphatic rings. The minimum atomic E-state index is -0.318. The second kappa shape index (κ2) is 12.7. The zero-order valence-corrected chi connectivity index (χ0v) is 17.5. The molecule has 0 spiro atoms. The van der Waals surface area contributed by atoms with Crippen LogP contribution in [0, 0.1) is 0 Å². The first-order valence-electron chi connectivity index (χ1n) is 11.1. The Kier molecular flexibility index (Phi) is 10.2. The largest absolute Gasteiger partial charge is 0.366 e. The number of unbranched alkanes of at least 4 members (excludes halogenated alkanes) is 7. The molecule has 2 aromatic carbocycles. The van der Waals surface area contributed by atoms with Crippen LogP contribution in [-0.4, -0.2) is 6.61 Å². The number of ether oxygens (including phenoxy) is 1. The van der Waals surface area contributed by atoms with Gasteiger partial charge in [0.2, 0.25) is 0 Å². The summed E-state index contributed by atoms with van der Waals surface area (Å²) in [5.41, 5.74) is 2.26. The van der Waals surface area contributed by atoms with Crippen LogP contribution in [0.25, 0.3) is 0 Å². The highest BCUT2D eigenvalue weighted by Crippen LogP contribution is 2.39. The van der Waals surface area contributed by atoms with Crippen molar-refractivity contribution in [2.75, 3.05) is 6.61 Å². The lowest BCUT2D eigenvalue weighted by molar-refractivity contribution is -0.0279. The summed E-state index contributed by atoms with van der Waals surface area (Å²) >= 11 is 0. The fraction of sp³-hybridized carbons (Fsp3) is 0.538. The van der Waals surface area contributed by atoms with Gasteiger partial charge in [-0.15, -0.1) is 0 Å². The van der Waals surface area contributed by atoms with Crippen molar-refractivity contribution in [1.82, 2.24) is 0 Å². The summed E-state index contributed by atoms with van der Waals surface area (Å²) in [6, 6.07) is 21.7. The van der Waals surface area contributed by atoms with E-state index >= 15 is 0 Å². The van der Waals surface area contributed by atoms with Gasteiger partial charge in [0.05, 0.1) is 0 Å². The van der Waals surface area contributed by atoms with E-state index in [0.29, 0.717) is 0 Å². The van der Waals surface area contributed by atoms with Crippen molar-refractivity contribution < 1.29 is 4.74 Å². The Morgan fingerprint density at radius 1 is 0.593 bits per heavy atom. The Morgan fingerprint density at radius 3 is 1.59 bits per heavy atom. The van der Waals surface area contributed by atoms with Crippen LogP contribution in [0.15, 0.2) is 60.7 Å². The zero-order chi connectivity index (χ0) is 19.2. The molecule has 0 unspecified atom stereocenters. The molecule has 0 aliphatic heterocycles. The van der Waals surface area contributed by atoms with Crippen LogP contribution in [0.1, 0.15) is 89.2 Å². The van der Waals surface area contributed by atoms with E-state index in [1.807, 2.05) is 0 Å². The lowest BCUT2D eigenvalue weighted by Gasteiger charge is -2.35. The Bertz CT molecular complexity index is 551. The number of hydrogen-bond donors (Lipinski definition) is 0. The number of hydrogen-bond acceptors (Lipinski definition) is 1. The van der Waals surface area contributed by atoms with Gasteiger partial charge >= 0.3 is 0 Å². The molecule has 0 atom stereocenters. The minimum Gasteiger partial charge on any atom is -0.366 e. The molecule has 0 amide bonds. The smallest absolute Gasteiger partial charge is 0.118 e. The van der Waals surface area contributed by atoms with E-state index in [-0.39, 0.29) is 5.60 Å². The van der Waals surface area contributed by atoms with Crippen molar-refractivity contribution in [3.05, 3.63) is 71.8 Å². The average Bonchev–Trinajstić information content (AvgIpc) is 2.73. The Morgan fingerprint density at radius 2 is 1.07 bits per heavy atom. The number of benzene rings is 2. The SMILES string of the molecule is CCCCCCCCCC(OCCCC)(c1ccccc1)c1ccccc1. The van der Waals surface area contributed by atoms with Gasteiger partial charge in [0.25, 0.3) is 0 Å². The van der Waals surface area contributed by atoms with E-state index in [1.165, 1.54) is 56.1 Å². The topological polar surface area (TPSA) is 9.23 Å². The maximum atomic E-state index is 6.69. The van der Waals surface area contributed by atoms with Crippen molar-refractivity contribution in [2.45, 2.75) is 83.7 Å². The molecule has 0 aliphatic carbocycles. The third-order valence-corrected chi connectivity index (χ3v) is 5.46. The number of rotatable bonds is 14. The molecule has 2 rings (SSSR count). The highest BCUT2D eigenvalue weighted by atomic mass is 16.5. The molecule has 0 fully saturated rings. The van der Waals surface area contributed by atoms with Gasteiger partial charge in [-0.2, -0.15) is 0 Å². The van der Waals surface area contributed by atoms with Gasteiger partial charge in [-0.3, -0.25) is 0 Å². The maximum absolute atomic E-state index is 6.69. The fourth-order valence-corrected chi connectivity index (χ4v) is 3.83. The van der Waals surface area contributed by atoms with Crippen molar-refractivity contribution >= 4 is 0 Å². The lowest BCUT2D eigenvalue weighted by atomic mass is 9.81. The summed E-state index contributed by atoms with van der Waals surface area (Å²) in [5.74, 6) is 0. The predicted octanol–water partition coefficient (Wildman–Crippen LogP) is 7.89. The van der Waals surface area contributed by atoms with Crippen molar-refractivity contribution in [2.24, 2.45) is 0 Å². The summed E-state index contributed by atoms with van der Waals surface area (Å²) in [7, 11) is 0. The van der Waals surface area contributed by atoms with Crippen LogP contribution in [0.2, 0.25) is 0 Å². The molecule has 0 saturated carbocycles. The van der Waals surface area contributed by atoms with Crippen LogP contribution in [-0.2, 0) is 10.3 Å². The Balaban J connectivity index is 2.15. The van der Waals surface area contributed by atoms with Crippen molar-refractivity contribution in [3.63, 3.8) is 0 Å². The van der Waals surface area contributed by atoms with E-state index in [0.717, 1.165) is 25.9 Å². The summed E-state index contributed by atoms with van der Waals surface area (Å²) in [5, 5.41) is 0. The van der Waals surface area contributed by atoms with Gasteiger partial charge in [0, 0.05) is 6.61 Å². The molecule has 148 valence electrons. The quantitative estimate of drug-likeness (QED) is 0.309. The molecule has 0 saturated heterocycles. The van der Waals surface area contributed by atoms with Crippen LogP contribution in [0.3, 0.4) is 0 Å². The molecular weight excluding hydrogens is 328 g/mol. The van der Waals surface area contributed by atoms with Crippen LogP contribution in [0.5, 0.6) is 0 Å². The first-order valence-corrected chi connectivity index (χ1v) is 11.1. The third-order valence-electron chi connectivity index (χ3n) is 5.46. The summed E-state index contributed by atoms with van der Waals surface area (Å²) in [6.07, 6.45) is 12.6. The maximum Gasteiger partial charge on any atom is 0.118 e. The Hall–Kier alpha value is -1.60. The Labute approximate surface area is 167 Å². The zero-order valence-electron chi connectivity index (χ0n) is 17.5. The summed E-state index contributed by atoms with van der Waals surface area (Å²) < 4.78 is 6.69. The minimum absolute atomic E-state index is 0.318. The molecule has 0 radical (unpaired) electrons. The van der Waals surface area contributed by atoms with E-state index in [2.05, 4.69) is 74.5 Å². The van der Waals surface area contributed by atoms with E-state index < -0.39 is 0 Å². The monoisotopic (exact) mass is 366 g/mol. The standard InChI is InChI=1S/C26H38O/c1-3-5-7-8-9-10-17-22-26(27-23-6-4-2,24-18-13-11-14-19-24)25-20-15-12-16-21-25/h11-16,18-21H,3-10,17,22-23H2,1-2H3. The molecule has 0 N–H and O–H groups in total. The summed E-state index contributed by atoms with van der Waals surface area (Å²) in [6.45, 7) is 5.32. The second-order valence-electron chi connectivity index (χ2n) is 7.63. The molecule has 2 aromatic rings. The highest BCUT2D eigenvalue weighted by molar-refractivity contribution is 5.36. The van der Waals surface area contributed by atoms with E-state index in [9.17, 15) is 0 Å². The van der Waals surface area contributed by atoms with Gasteiger partial charge in [-0.05, 0) is 30.4 Å². The van der Waals surface area contributed by atoms with E-state index in [1.54, 1.807) is 0 Å². The van der Waals surface area contributed by atoms with Gasteiger partial charge in [0.1, 0.15) is 5.60 Å². The van der Waals surface area contributed by atoms with Crippen LogP contribution in [0.4, 0.5) is 0 Å². The van der Waals surface area contributed by atoms with Crippen molar-refractivity contribution in [3.8, 4) is 0 Å². The molecule has 1 nitrogen and oxygen atoms in total. The van der Waals surface area contributed by atoms with Crippen LogP contribution >= 0.6 is 0 Å². The molecule has 27 heavy (non-hydrogen) atoms.